The molecule has 0 aromatic carbocycles. The molecule has 2 aliphatic heterocycles. The van der Waals surface area contributed by atoms with Crippen molar-refractivity contribution in [1.82, 2.24) is 19.2 Å². The van der Waals surface area contributed by atoms with Gasteiger partial charge in [-0.25, -0.2) is 13.4 Å². The number of rotatable bonds is 5. The van der Waals surface area contributed by atoms with E-state index in [1.165, 1.54) is 12.8 Å². The SMILES string of the molecule is O=S(=O)(c1ccc(Cl)s1)N1CCN2C[C@H](Oc3cnc(C4CC4)cn3)C[C@H]2C1. The minimum absolute atomic E-state index is 0.00455. The van der Waals surface area contributed by atoms with Crippen LogP contribution in [0.3, 0.4) is 0 Å². The molecule has 2 aromatic heterocycles. The van der Waals surface area contributed by atoms with Crippen LogP contribution in [0.4, 0.5) is 0 Å². The Labute approximate surface area is 173 Å². The molecule has 3 fully saturated rings. The zero-order valence-electron chi connectivity index (χ0n) is 15.2. The van der Waals surface area contributed by atoms with E-state index in [1.54, 1.807) is 22.6 Å². The number of halogens is 1. The molecule has 1 saturated carbocycles. The molecule has 2 atom stereocenters. The Morgan fingerprint density at radius 1 is 1.14 bits per heavy atom. The average molecular weight is 441 g/mol. The fourth-order valence-corrected chi connectivity index (χ4v) is 7.09. The molecule has 0 N–H and O–H groups in total. The minimum Gasteiger partial charge on any atom is -0.472 e. The van der Waals surface area contributed by atoms with Crippen molar-refractivity contribution in [1.29, 1.82) is 0 Å². The van der Waals surface area contributed by atoms with Crippen molar-refractivity contribution in [3.8, 4) is 5.88 Å². The lowest BCUT2D eigenvalue weighted by Gasteiger charge is -2.35. The van der Waals surface area contributed by atoms with E-state index < -0.39 is 10.0 Å². The maximum absolute atomic E-state index is 12.9. The normalized spacial score (nSPS) is 26.3. The third-order valence-corrected chi connectivity index (χ3v) is 9.18. The molecule has 0 bridgehead atoms. The summed E-state index contributed by atoms with van der Waals surface area (Å²) in [5, 5.41) is 0. The molecule has 0 spiro atoms. The van der Waals surface area contributed by atoms with Crippen LogP contribution in [-0.2, 0) is 10.0 Å². The molecule has 0 radical (unpaired) electrons. The number of hydrogen-bond acceptors (Lipinski definition) is 7. The van der Waals surface area contributed by atoms with Crippen LogP contribution in [0.15, 0.2) is 28.7 Å². The summed E-state index contributed by atoms with van der Waals surface area (Å²) >= 11 is 7.03. The summed E-state index contributed by atoms with van der Waals surface area (Å²) in [6.45, 7) is 2.45. The smallest absolute Gasteiger partial charge is 0.252 e. The molecule has 150 valence electrons. The van der Waals surface area contributed by atoms with Gasteiger partial charge >= 0.3 is 0 Å². The molecular formula is C18H21ClN4O3S2. The Balaban J connectivity index is 1.22. The van der Waals surface area contributed by atoms with Crippen molar-refractivity contribution in [3.63, 3.8) is 0 Å². The highest BCUT2D eigenvalue weighted by molar-refractivity contribution is 7.91. The third kappa shape index (κ3) is 3.66. The average Bonchev–Trinajstić information content (AvgIpc) is 3.30. The first-order chi connectivity index (χ1) is 13.5. The summed E-state index contributed by atoms with van der Waals surface area (Å²) < 4.78 is 34.1. The van der Waals surface area contributed by atoms with Gasteiger partial charge in [-0.15, -0.1) is 11.3 Å². The molecule has 1 aliphatic carbocycles. The molecule has 2 aromatic rings. The Morgan fingerprint density at radius 2 is 2.00 bits per heavy atom. The molecule has 2 saturated heterocycles. The molecule has 7 nitrogen and oxygen atoms in total. The largest absolute Gasteiger partial charge is 0.472 e. The molecule has 4 heterocycles. The predicted octanol–water partition coefficient (Wildman–Crippen LogP) is 2.60. The van der Waals surface area contributed by atoms with Crippen LogP contribution in [0.1, 0.15) is 30.9 Å². The van der Waals surface area contributed by atoms with Gasteiger partial charge in [0.15, 0.2) is 0 Å². The highest BCUT2D eigenvalue weighted by Crippen LogP contribution is 2.38. The molecule has 28 heavy (non-hydrogen) atoms. The lowest BCUT2D eigenvalue weighted by molar-refractivity contribution is 0.151. The van der Waals surface area contributed by atoms with Crippen molar-refractivity contribution >= 4 is 33.0 Å². The van der Waals surface area contributed by atoms with Gasteiger partial charge in [0, 0.05) is 44.6 Å². The lowest BCUT2D eigenvalue weighted by Crippen LogP contribution is -2.51. The molecule has 0 amide bonds. The lowest BCUT2D eigenvalue weighted by atomic mass is 10.2. The fourth-order valence-electron chi connectivity index (χ4n) is 3.98. The highest BCUT2D eigenvalue weighted by Gasteiger charge is 2.41. The van der Waals surface area contributed by atoms with E-state index in [9.17, 15) is 8.42 Å². The van der Waals surface area contributed by atoms with Crippen molar-refractivity contribution in [2.45, 2.75) is 41.5 Å². The summed E-state index contributed by atoms with van der Waals surface area (Å²) in [7, 11) is -3.49. The van der Waals surface area contributed by atoms with Gasteiger partial charge in [-0.3, -0.25) is 9.88 Å². The van der Waals surface area contributed by atoms with Gasteiger partial charge in [-0.1, -0.05) is 11.6 Å². The van der Waals surface area contributed by atoms with Gasteiger partial charge < -0.3 is 4.74 Å². The van der Waals surface area contributed by atoms with E-state index in [0.717, 1.165) is 30.0 Å². The van der Waals surface area contributed by atoms with Crippen molar-refractivity contribution < 1.29 is 13.2 Å². The third-order valence-electron chi connectivity index (χ3n) is 5.61. The number of nitrogens with zero attached hydrogens (tertiary/aromatic N) is 4. The predicted molar refractivity (Wildman–Crippen MR) is 106 cm³/mol. The topological polar surface area (TPSA) is 75.6 Å². The van der Waals surface area contributed by atoms with Crippen molar-refractivity contribution in [2.75, 3.05) is 26.2 Å². The second-order valence-corrected chi connectivity index (χ2v) is 11.5. The number of thiophene rings is 1. The Bertz CT molecular complexity index is 961. The maximum atomic E-state index is 12.9. The second-order valence-electron chi connectivity index (χ2n) is 7.60. The standard InChI is InChI=1S/C18H21ClN4O3S2/c19-16-3-4-18(27-16)28(24,25)23-6-5-22-11-14(7-13(22)10-23)26-17-9-20-15(8-21-17)12-1-2-12/h3-4,8-9,12-14H,1-2,5-7,10-11H2/t13-,14+/m0/s1. The van der Waals surface area contributed by atoms with Gasteiger partial charge in [0.05, 0.1) is 22.4 Å². The number of aromatic nitrogens is 2. The summed E-state index contributed by atoms with van der Waals surface area (Å²) in [6, 6.07) is 3.37. The highest BCUT2D eigenvalue weighted by atomic mass is 35.5. The monoisotopic (exact) mass is 440 g/mol. The first-order valence-electron chi connectivity index (χ1n) is 9.47. The Morgan fingerprint density at radius 3 is 2.68 bits per heavy atom. The van der Waals surface area contributed by atoms with Gasteiger partial charge in [-0.2, -0.15) is 4.31 Å². The summed E-state index contributed by atoms with van der Waals surface area (Å²) in [5.41, 5.74) is 1.05. The van der Waals surface area contributed by atoms with Gasteiger partial charge in [0.25, 0.3) is 10.0 Å². The summed E-state index contributed by atoms with van der Waals surface area (Å²) in [5.74, 6) is 1.13. The van der Waals surface area contributed by atoms with Crippen molar-refractivity contribution in [2.24, 2.45) is 0 Å². The van der Waals surface area contributed by atoms with Crippen LogP contribution in [0, 0.1) is 0 Å². The van der Waals surface area contributed by atoms with Crippen LogP contribution in [0.2, 0.25) is 4.34 Å². The van der Waals surface area contributed by atoms with E-state index in [-0.39, 0.29) is 12.1 Å². The van der Waals surface area contributed by atoms with E-state index >= 15 is 0 Å². The quantitative estimate of drug-likeness (QED) is 0.711. The molecule has 5 rings (SSSR count). The summed E-state index contributed by atoms with van der Waals surface area (Å²) in [4.78, 5) is 11.2. The van der Waals surface area contributed by atoms with Gasteiger partial charge in [-0.05, 0) is 25.0 Å². The van der Waals surface area contributed by atoms with E-state index in [0.29, 0.717) is 40.0 Å². The van der Waals surface area contributed by atoms with Crippen LogP contribution >= 0.6 is 22.9 Å². The number of piperazine rings is 1. The van der Waals surface area contributed by atoms with Crippen LogP contribution in [0.5, 0.6) is 5.88 Å². The number of fused-ring (bicyclic) bond motifs is 1. The van der Waals surface area contributed by atoms with Crippen LogP contribution < -0.4 is 4.74 Å². The maximum Gasteiger partial charge on any atom is 0.252 e. The molecule has 0 unspecified atom stereocenters. The Hall–Kier alpha value is -1.26. The van der Waals surface area contributed by atoms with E-state index in [1.807, 2.05) is 6.20 Å². The molecule has 3 aliphatic rings. The minimum atomic E-state index is -3.49. The number of sulfonamides is 1. The first-order valence-corrected chi connectivity index (χ1v) is 12.1. The second kappa shape index (κ2) is 7.21. The van der Waals surface area contributed by atoms with Crippen molar-refractivity contribution in [3.05, 3.63) is 34.6 Å². The van der Waals surface area contributed by atoms with Crippen LogP contribution in [0.25, 0.3) is 0 Å². The first kappa shape index (κ1) is 18.7. The van der Waals surface area contributed by atoms with Gasteiger partial charge in [0.2, 0.25) is 5.88 Å². The van der Waals surface area contributed by atoms with Gasteiger partial charge in [0.1, 0.15) is 10.3 Å². The summed E-state index contributed by atoms with van der Waals surface area (Å²) in [6.07, 6.45) is 6.71. The fraction of sp³-hybridized carbons (Fsp3) is 0.556. The number of ether oxygens (including phenoxy) is 1. The zero-order valence-corrected chi connectivity index (χ0v) is 17.6. The van der Waals surface area contributed by atoms with E-state index in [2.05, 4.69) is 14.9 Å². The Kier molecular flexibility index (Phi) is 4.83. The zero-order chi connectivity index (χ0) is 19.3. The molecule has 10 heteroatoms. The molecular weight excluding hydrogens is 420 g/mol. The van der Waals surface area contributed by atoms with Crippen LogP contribution in [-0.4, -0.2) is 65.9 Å². The number of hydrogen-bond donors (Lipinski definition) is 0. The van der Waals surface area contributed by atoms with E-state index in [4.69, 9.17) is 16.3 Å².